The van der Waals surface area contributed by atoms with Crippen molar-refractivity contribution in [3.05, 3.63) is 24.3 Å². The van der Waals surface area contributed by atoms with Crippen molar-refractivity contribution in [2.24, 2.45) is 0 Å². The molecular weight excluding hydrogens is 268 g/mol. The Bertz CT molecular complexity index is 628. The molecule has 1 N–H and O–H groups in total. The molecule has 0 saturated heterocycles. The highest BCUT2D eigenvalue weighted by molar-refractivity contribution is 5.74. The lowest BCUT2D eigenvalue weighted by Gasteiger charge is -2.19. The summed E-state index contributed by atoms with van der Waals surface area (Å²) in [7, 11) is 0. The first-order chi connectivity index (χ1) is 9.87. The largest absolute Gasteiger partial charge is 0.444 e. The van der Waals surface area contributed by atoms with Gasteiger partial charge in [0, 0.05) is 19.3 Å². The second kappa shape index (κ2) is 6.11. The molecule has 0 unspecified atom stereocenters. The first kappa shape index (κ1) is 15.3. The molecule has 21 heavy (non-hydrogen) atoms. The summed E-state index contributed by atoms with van der Waals surface area (Å²) < 4.78 is 7.32. The minimum atomic E-state index is -0.464. The van der Waals surface area contributed by atoms with Crippen molar-refractivity contribution in [3.8, 4) is 0 Å². The summed E-state index contributed by atoms with van der Waals surface area (Å²) in [6.45, 7) is 8.88. The molecule has 6 heteroatoms. The Balaban J connectivity index is 1.86. The van der Waals surface area contributed by atoms with E-state index in [1.165, 1.54) is 0 Å². The van der Waals surface area contributed by atoms with Crippen LogP contribution in [-0.4, -0.2) is 32.8 Å². The number of pyridine rings is 1. The lowest BCUT2D eigenvalue weighted by molar-refractivity contribution is 0.0527. The van der Waals surface area contributed by atoms with Crippen molar-refractivity contribution in [3.63, 3.8) is 0 Å². The molecule has 0 bridgehead atoms. The topological polar surface area (TPSA) is 69.0 Å². The molecule has 0 aliphatic rings. The summed E-state index contributed by atoms with van der Waals surface area (Å²) in [6.07, 6.45) is 3.96. The van der Waals surface area contributed by atoms with Gasteiger partial charge in [0.25, 0.3) is 0 Å². The van der Waals surface area contributed by atoms with Gasteiger partial charge in [0.2, 0.25) is 0 Å². The maximum Gasteiger partial charge on any atom is 0.407 e. The van der Waals surface area contributed by atoms with Gasteiger partial charge in [-0.3, -0.25) is 4.98 Å². The lowest BCUT2D eigenvalue weighted by Crippen LogP contribution is -2.33. The van der Waals surface area contributed by atoms with Crippen LogP contribution in [0.25, 0.3) is 11.0 Å². The highest BCUT2D eigenvalue weighted by Crippen LogP contribution is 2.14. The van der Waals surface area contributed by atoms with Crippen LogP contribution in [-0.2, 0) is 11.3 Å². The Labute approximate surface area is 124 Å². The summed E-state index contributed by atoms with van der Waals surface area (Å²) in [5.74, 6) is 0.954. The Hall–Kier alpha value is -2.11. The zero-order chi connectivity index (χ0) is 15.5. The van der Waals surface area contributed by atoms with Crippen molar-refractivity contribution < 1.29 is 9.53 Å². The van der Waals surface area contributed by atoms with Crippen LogP contribution in [0.5, 0.6) is 0 Å². The number of nitrogens with zero attached hydrogens (tertiary/aromatic N) is 3. The predicted octanol–water partition coefficient (Wildman–Crippen LogP) is 2.65. The third-order valence-electron chi connectivity index (χ3n) is 2.97. The van der Waals surface area contributed by atoms with Crippen LogP contribution in [0, 0.1) is 6.92 Å². The Morgan fingerprint density at radius 3 is 2.90 bits per heavy atom. The van der Waals surface area contributed by atoms with E-state index < -0.39 is 5.60 Å². The standard InChI is InChI=1S/C15H22N4O2/c1-11-18-12-10-16-8-6-13(12)19(11)9-5-7-17-14(20)21-15(2,3)4/h6,8,10H,5,7,9H2,1-4H3,(H,17,20). The summed E-state index contributed by atoms with van der Waals surface area (Å²) in [5, 5.41) is 2.76. The van der Waals surface area contributed by atoms with Gasteiger partial charge in [-0.15, -0.1) is 0 Å². The molecule has 0 saturated carbocycles. The average molecular weight is 290 g/mol. The third kappa shape index (κ3) is 4.18. The van der Waals surface area contributed by atoms with Gasteiger partial charge < -0.3 is 14.6 Å². The van der Waals surface area contributed by atoms with Crippen molar-refractivity contribution in [1.29, 1.82) is 0 Å². The summed E-state index contributed by atoms with van der Waals surface area (Å²) >= 11 is 0. The van der Waals surface area contributed by atoms with Gasteiger partial charge in [-0.1, -0.05) is 0 Å². The molecule has 0 aliphatic carbocycles. The molecule has 0 radical (unpaired) electrons. The van der Waals surface area contributed by atoms with E-state index in [9.17, 15) is 4.79 Å². The highest BCUT2D eigenvalue weighted by Gasteiger charge is 2.15. The first-order valence-electron chi connectivity index (χ1n) is 7.10. The predicted molar refractivity (Wildman–Crippen MR) is 81.1 cm³/mol. The smallest absolute Gasteiger partial charge is 0.407 e. The quantitative estimate of drug-likeness (QED) is 0.879. The van der Waals surface area contributed by atoms with E-state index in [0.717, 1.165) is 29.8 Å². The molecular formula is C15H22N4O2. The minimum absolute atomic E-state index is 0.376. The molecule has 0 spiro atoms. The number of rotatable bonds is 4. The fraction of sp³-hybridized carbons (Fsp3) is 0.533. The molecule has 0 aliphatic heterocycles. The van der Waals surface area contributed by atoms with Crippen LogP contribution >= 0.6 is 0 Å². The number of aryl methyl sites for hydroxylation is 2. The maximum absolute atomic E-state index is 11.5. The molecule has 0 atom stereocenters. The molecule has 1 amide bonds. The summed E-state index contributed by atoms with van der Waals surface area (Å²) in [6, 6.07) is 1.95. The number of imidazole rings is 1. The number of nitrogens with one attached hydrogen (secondary N) is 1. The van der Waals surface area contributed by atoms with Crippen molar-refractivity contribution in [2.45, 2.75) is 46.3 Å². The van der Waals surface area contributed by atoms with Crippen LogP contribution in [0.1, 0.15) is 33.0 Å². The van der Waals surface area contributed by atoms with Gasteiger partial charge in [0.15, 0.2) is 0 Å². The molecule has 114 valence electrons. The Kier molecular flexibility index (Phi) is 4.45. The van der Waals surface area contributed by atoms with Crippen molar-refractivity contribution in [2.75, 3.05) is 6.54 Å². The molecule has 0 fully saturated rings. The normalized spacial score (nSPS) is 11.6. The fourth-order valence-electron chi connectivity index (χ4n) is 2.13. The van der Waals surface area contributed by atoms with E-state index in [1.54, 1.807) is 12.4 Å². The van der Waals surface area contributed by atoms with Gasteiger partial charge in [-0.25, -0.2) is 9.78 Å². The lowest BCUT2D eigenvalue weighted by atomic mass is 10.2. The minimum Gasteiger partial charge on any atom is -0.444 e. The van der Waals surface area contributed by atoms with Gasteiger partial charge in [-0.2, -0.15) is 0 Å². The van der Waals surface area contributed by atoms with E-state index in [4.69, 9.17) is 4.74 Å². The molecule has 2 aromatic rings. The number of amides is 1. The third-order valence-corrected chi connectivity index (χ3v) is 2.97. The van der Waals surface area contributed by atoms with Gasteiger partial charge in [0.1, 0.15) is 16.9 Å². The van der Waals surface area contributed by atoms with Gasteiger partial charge in [0.05, 0.1) is 11.7 Å². The van der Waals surface area contributed by atoms with E-state index in [1.807, 2.05) is 33.8 Å². The van der Waals surface area contributed by atoms with Crippen LogP contribution in [0.4, 0.5) is 4.79 Å². The van der Waals surface area contributed by atoms with E-state index in [-0.39, 0.29) is 6.09 Å². The van der Waals surface area contributed by atoms with Crippen LogP contribution in [0.2, 0.25) is 0 Å². The Morgan fingerprint density at radius 2 is 2.19 bits per heavy atom. The molecule has 0 aromatic carbocycles. The molecule has 2 heterocycles. The number of ether oxygens (including phenoxy) is 1. The van der Waals surface area contributed by atoms with E-state index in [2.05, 4.69) is 19.9 Å². The number of carbonyl (C=O) groups excluding carboxylic acids is 1. The zero-order valence-corrected chi connectivity index (χ0v) is 13.0. The van der Waals surface area contributed by atoms with Gasteiger partial charge >= 0.3 is 6.09 Å². The second-order valence-electron chi connectivity index (χ2n) is 5.96. The number of carbonyl (C=O) groups is 1. The van der Waals surface area contributed by atoms with Crippen LogP contribution in [0.3, 0.4) is 0 Å². The highest BCUT2D eigenvalue weighted by atomic mass is 16.6. The molecule has 6 nitrogen and oxygen atoms in total. The van der Waals surface area contributed by atoms with Gasteiger partial charge in [-0.05, 0) is 40.2 Å². The summed E-state index contributed by atoms with van der Waals surface area (Å²) in [4.78, 5) is 20.1. The van der Waals surface area contributed by atoms with E-state index >= 15 is 0 Å². The first-order valence-corrected chi connectivity index (χ1v) is 7.10. The number of hydrogen-bond acceptors (Lipinski definition) is 4. The monoisotopic (exact) mass is 290 g/mol. The Morgan fingerprint density at radius 1 is 1.43 bits per heavy atom. The number of alkyl carbamates (subject to hydrolysis) is 1. The average Bonchev–Trinajstić information content (AvgIpc) is 2.68. The fourth-order valence-corrected chi connectivity index (χ4v) is 2.13. The maximum atomic E-state index is 11.5. The summed E-state index contributed by atoms with van der Waals surface area (Å²) in [5.41, 5.74) is 1.50. The zero-order valence-electron chi connectivity index (χ0n) is 13.0. The van der Waals surface area contributed by atoms with E-state index in [0.29, 0.717) is 6.54 Å². The van der Waals surface area contributed by atoms with Crippen molar-refractivity contribution in [1.82, 2.24) is 19.9 Å². The number of hydrogen-bond donors (Lipinski definition) is 1. The molecule has 2 rings (SSSR count). The van der Waals surface area contributed by atoms with Crippen LogP contribution < -0.4 is 5.32 Å². The number of fused-ring (bicyclic) bond motifs is 1. The SMILES string of the molecule is Cc1nc2cnccc2n1CCCNC(=O)OC(C)(C)C. The van der Waals surface area contributed by atoms with Crippen LogP contribution in [0.15, 0.2) is 18.5 Å². The van der Waals surface area contributed by atoms with Crippen molar-refractivity contribution >= 4 is 17.1 Å². The number of aromatic nitrogens is 3. The second-order valence-corrected chi connectivity index (χ2v) is 5.96. The molecule has 2 aromatic heterocycles.